The average Bonchev–Trinajstić information content (AvgIpc) is 2.58. The van der Waals surface area contributed by atoms with Gasteiger partial charge in [0.15, 0.2) is 0 Å². The van der Waals surface area contributed by atoms with E-state index in [-0.39, 0.29) is 5.57 Å². The summed E-state index contributed by atoms with van der Waals surface area (Å²) < 4.78 is 5.11. The molecule has 0 bridgehead atoms. The number of hydrogen-bond donors (Lipinski definition) is 2. The second-order valence-corrected chi connectivity index (χ2v) is 4.19. The second-order valence-electron chi connectivity index (χ2n) is 4.19. The molecule has 0 saturated carbocycles. The molecular weight excluding hydrogens is 208 g/mol. The van der Waals surface area contributed by atoms with E-state index in [1.165, 1.54) is 0 Å². The van der Waals surface area contributed by atoms with Gasteiger partial charge in [-0.3, -0.25) is 0 Å². The second kappa shape index (κ2) is 4.39. The zero-order valence-corrected chi connectivity index (χ0v) is 9.27. The van der Waals surface area contributed by atoms with Crippen LogP contribution in [-0.4, -0.2) is 28.4 Å². The summed E-state index contributed by atoms with van der Waals surface area (Å²) in [6.45, 7) is 2.04. The quantitative estimate of drug-likeness (QED) is 0.688. The van der Waals surface area contributed by atoms with Gasteiger partial charge in [0.25, 0.3) is 0 Å². The van der Waals surface area contributed by atoms with Crippen molar-refractivity contribution in [3.05, 3.63) is 23.0 Å². The molecule has 2 atom stereocenters. The van der Waals surface area contributed by atoms with Crippen LogP contribution < -0.4 is 0 Å². The van der Waals surface area contributed by atoms with Crippen LogP contribution in [0.4, 0.5) is 0 Å². The molecule has 1 aliphatic heterocycles. The number of aliphatic hydroxyl groups is 2. The SMILES string of the molecule is CCC/C=C1\OC(=O)C2=C1CCC(O)C2O. The minimum absolute atomic E-state index is 0.251. The fourth-order valence-corrected chi connectivity index (χ4v) is 2.11. The predicted molar refractivity (Wildman–Crippen MR) is 57.4 cm³/mol. The number of hydrogen-bond acceptors (Lipinski definition) is 4. The first kappa shape index (κ1) is 11.4. The number of allylic oxidation sites excluding steroid dienone is 2. The van der Waals surface area contributed by atoms with Crippen molar-refractivity contribution in [2.24, 2.45) is 0 Å². The molecule has 0 radical (unpaired) electrons. The van der Waals surface area contributed by atoms with Crippen molar-refractivity contribution in [2.75, 3.05) is 0 Å². The molecule has 0 spiro atoms. The van der Waals surface area contributed by atoms with Gasteiger partial charge in [-0.25, -0.2) is 4.79 Å². The zero-order chi connectivity index (χ0) is 11.7. The third-order valence-corrected chi connectivity index (χ3v) is 3.01. The molecule has 2 N–H and O–H groups in total. The van der Waals surface area contributed by atoms with E-state index >= 15 is 0 Å². The number of unbranched alkanes of at least 4 members (excludes halogenated alkanes) is 1. The first-order valence-electron chi connectivity index (χ1n) is 5.67. The van der Waals surface area contributed by atoms with Crippen LogP contribution in [-0.2, 0) is 9.53 Å². The minimum atomic E-state index is -1.09. The molecule has 0 amide bonds. The molecule has 4 heteroatoms. The monoisotopic (exact) mass is 224 g/mol. The predicted octanol–water partition coefficient (Wildman–Crippen LogP) is 1.04. The summed E-state index contributed by atoms with van der Waals surface area (Å²) in [7, 11) is 0. The van der Waals surface area contributed by atoms with Crippen LogP contribution in [0.25, 0.3) is 0 Å². The van der Waals surface area contributed by atoms with E-state index in [2.05, 4.69) is 0 Å². The third kappa shape index (κ3) is 1.79. The molecule has 0 fully saturated rings. The van der Waals surface area contributed by atoms with Gasteiger partial charge in [0.2, 0.25) is 0 Å². The summed E-state index contributed by atoms with van der Waals surface area (Å²) in [4.78, 5) is 11.5. The molecule has 2 aliphatic rings. The van der Waals surface area contributed by atoms with Gasteiger partial charge < -0.3 is 14.9 Å². The van der Waals surface area contributed by atoms with Gasteiger partial charge in [-0.15, -0.1) is 0 Å². The molecule has 88 valence electrons. The van der Waals surface area contributed by atoms with Gasteiger partial charge in [0.05, 0.1) is 11.7 Å². The van der Waals surface area contributed by atoms with Crippen molar-refractivity contribution >= 4 is 5.97 Å². The highest BCUT2D eigenvalue weighted by atomic mass is 16.5. The lowest BCUT2D eigenvalue weighted by molar-refractivity contribution is -0.135. The van der Waals surface area contributed by atoms with Crippen LogP contribution in [0.2, 0.25) is 0 Å². The first-order valence-corrected chi connectivity index (χ1v) is 5.67. The van der Waals surface area contributed by atoms with E-state index in [1.807, 2.05) is 13.0 Å². The molecule has 2 unspecified atom stereocenters. The standard InChI is InChI=1S/C12H16O4/c1-2-3-4-9-7-5-6-8(13)11(14)10(7)12(15)16-9/h4,8,11,13-14H,2-3,5-6H2,1H3/b9-4-. The van der Waals surface area contributed by atoms with Crippen LogP contribution >= 0.6 is 0 Å². The average molecular weight is 224 g/mol. The Morgan fingerprint density at radius 1 is 1.50 bits per heavy atom. The molecular formula is C12H16O4. The summed E-state index contributed by atoms with van der Waals surface area (Å²) in [5.74, 6) is 0.0661. The number of aliphatic hydroxyl groups excluding tert-OH is 2. The molecule has 0 aromatic carbocycles. The highest BCUT2D eigenvalue weighted by Crippen LogP contribution is 2.37. The molecule has 0 saturated heterocycles. The Morgan fingerprint density at radius 3 is 2.94 bits per heavy atom. The van der Waals surface area contributed by atoms with Gasteiger partial charge in [0, 0.05) is 5.57 Å². The maximum absolute atomic E-state index is 11.5. The molecule has 4 nitrogen and oxygen atoms in total. The molecule has 1 aliphatic carbocycles. The Labute approximate surface area is 94.2 Å². The molecule has 0 aromatic heterocycles. The summed E-state index contributed by atoms with van der Waals surface area (Å²) in [5.41, 5.74) is 1.03. The van der Waals surface area contributed by atoms with Gasteiger partial charge in [-0.05, 0) is 25.3 Å². The smallest absolute Gasteiger partial charge is 0.342 e. The van der Waals surface area contributed by atoms with E-state index in [4.69, 9.17) is 4.74 Å². The molecule has 0 aromatic rings. The van der Waals surface area contributed by atoms with Crippen molar-refractivity contribution in [1.82, 2.24) is 0 Å². The Hall–Kier alpha value is -1.13. The Balaban J connectivity index is 2.31. The highest BCUT2D eigenvalue weighted by Gasteiger charge is 2.40. The summed E-state index contributed by atoms with van der Waals surface area (Å²) in [6, 6.07) is 0. The lowest BCUT2D eigenvalue weighted by Gasteiger charge is -2.22. The van der Waals surface area contributed by atoms with Crippen molar-refractivity contribution < 1.29 is 19.7 Å². The van der Waals surface area contributed by atoms with Crippen molar-refractivity contribution in [3.63, 3.8) is 0 Å². The van der Waals surface area contributed by atoms with Gasteiger partial charge >= 0.3 is 5.97 Å². The van der Waals surface area contributed by atoms with E-state index in [1.54, 1.807) is 0 Å². The van der Waals surface area contributed by atoms with E-state index in [0.717, 1.165) is 18.4 Å². The fourth-order valence-electron chi connectivity index (χ4n) is 2.11. The minimum Gasteiger partial charge on any atom is -0.423 e. The zero-order valence-electron chi connectivity index (χ0n) is 9.27. The Bertz CT molecular complexity index is 367. The van der Waals surface area contributed by atoms with E-state index in [0.29, 0.717) is 18.6 Å². The molecule has 16 heavy (non-hydrogen) atoms. The lowest BCUT2D eigenvalue weighted by atomic mass is 9.87. The first-order chi connectivity index (χ1) is 7.65. The third-order valence-electron chi connectivity index (χ3n) is 3.01. The van der Waals surface area contributed by atoms with E-state index in [9.17, 15) is 15.0 Å². The largest absolute Gasteiger partial charge is 0.423 e. The topological polar surface area (TPSA) is 66.8 Å². The van der Waals surface area contributed by atoms with E-state index < -0.39 is 18.2 Å². The number of cyclic esters (lactones) is 1. The highest BCUT2D eigenvalue weighted by molar-refractivity contribution is 5.96. The van der Waals surface area contributed by atoms with Crippen LogP contribution in [0.5, 0.6) is 0 Å². The lowest BCUT2D eigenvalue weighted by Crippen LogP contribution is -2.33. The number of carbonyl (C=O) groups is 1. The molecule has 1 heterocycles. The summed E-state index contributed by atoms with van der Waals surface area (Å²) >= 11 is 0. The molecule has 2 rings (SSSR count). The van der Waals surface area contributed by atoms with Gasteiger partial charge in [-0.2, -0.15) is 0 Å². The Morgan fingerprint density at radius 2 is 2.25 bits per heavy atom. The number of esters is 1. The maximum atomic E-state index is 11.5. The summed E-state index contributed by atoms with van der Waals surface area (Å²) in [6.07, 6.45) is 2.83. The number of ether oxygens (including phenoxy) is 1. The van der Waals surface area contributed by atoms with Crippen LogP contribution in [0.15, 0.2) is 23.0 Å². The maximum Gasteiger partial charge on any atom is 0.342 e. The Kier molecular flexibility index (Phi) is 3.12. The van der Waals surface area contributed by atoms with Crippen LogP contribution in [0, 0.1) is 0 Å². The fraction of sp³-hybridized carbons (Fsp3) is 0.583. The normalized spacial score (nSPS) is 31.9. The van der Waals surface area contributed by atoms with Crippen LogP contribution in [0.1, 0.15) is 32.6 Å². The van der Waals surface area contributed by atoms with Gasteiger partial charge in [-0.1, -0.05) is 13.3 Å². The van der Waals surface area contributed by atoms with Crippen LogP contribution in [0.3, 0.4) is 0 Å². The van der Waals surface area contributed by atoms with Gasteiger partial charge in [0.1, 0.15) is 11.9 Å². The van der Waals surface area contributed by atoms with Crippen molar-refractivity contribution in [2.45, 2.75) is 44.8 Å². The van der Waals surface area contributed by atoms with Crippen molar-refractivity contribution in [1.29, 1.82) is 0 Å². The number of rotatable bonds is 2. The number of carbonyl (C=O) groups excluding carboxylic acids is 1. The van der Waals surface area contributed by atoms with Crippen molar-refractivity contribution in [3.8, 4) is 0 Å². The summed E-state index contributed by atoms with van der Waals surface area (Å²) in [5, 5.41) is 19.2.